The van der Waals surface area contributed by atoms with Crippen LogP contribution in [0.15, 0.2) is 16.6 Å². The van der Waals surface area contributed by atoms with Crippen molar-refractivity contribution in [2.24, 2.45) is 0 Å². The van der Waals surface area contributed by atoms with Crippen molar-refractivity contribution in [1.29, 1.82) is 0 Å². The molecule has 0 N–H and O–H groups in total. The number of rotatable bonds is 5. The Bertz CT molecular complexity index is 612. The Hall–Kier alpha value is -0.650. The van der Waals surface area contributed by atoms with E-state index in [2.05, 4.69) is 39.8 Å². The van der Waals surface area contributed by atoms with Crippen LogP contribution < -0.4 is 0 Å². The molecule has 1 aromatic heterocycles. The van der Waals surface area contributed by atoms with Crippen LogP contribution in [0.2, 0.25) is 0 Å². The van der Waals surface area contributed by atoms with Crippen LogP contribution in [0.4, 0.5) is 4.39 Å². The van der Waals surface area contributed by atoms with Crippen LogP contribution in [-0.2, 0) is 6.54 Å². The molecule has 0 aliphatic heterocycles. The number of hydrogen-bond acceptors (Lipinski definition) is 2. The first-order valence-corrected chi connectivity index (χ1v) is 7.84. The van der Waals surface area contributed by atoms with Crippen LogP contribution in [0.5, 0.6) is 0 Å². The number of likely N-dealkylation sites (N-methyl/N-ethyl adjacent to an activating group) is 1. The van der Waals surface area contributed by atoms with Gasteiger partial charge in [0.1, 0.15) is 11.6 Å². The molecule has 0 radical (unpaired) electrons. The molecule has 1 aromatic carbocycles. The highest BCUT2D eigenvalue weighted by Gasteiger charge is 2.16. The molecule has 0 bridgehead atoms. The average Bonchev–Trinajstić information content (AvgIpc) is 2.74. The van der Waals surface area contributed by atoms with Crippen LogP contribution in [0.1, 0.15) is 25.0 Å². The van der Waals surface area contributed by atoms with Gasteiger partial charge in [0, 0.05) is 19.2 Å². The Labute approximate surface area is 131 Å². The van der Waals surface area contributed by atoms with E-state index in [0.29, 0.717) is 4.47 Å². The van der Waals surface area contributed by atoms with Crippen molar-refractivity contribution in [3.8, 4) is 0 Å². The number of imidazole rings is 1. The van der Waals surface area contributed by atoms with E-state index in [0.717, 1.165) is 36.5 Å². The zero-order chi connectivity index (χ0) is 14.9. The second-order valence-corrected chi connectivity index (χ2v) is 6.40. The lowest BCUT2D eigenvalue weighted by Crippen LogP contribution is -2.23. The predicted octanol–water partition coefficient (Wildman–Crippen LogP) is 4.19. The molecule has 2 aromatic rings. The van der Waals surface area contributed by atoms with Gasteiger partial charge in [0.25, 0.3) is 0 Å². The number of alkyl halides is 1. The minimum atomic E-state index is -0.281. The third-order valence-corrected chi connectivity index (χ3v) is 4.22. The molecule has 2 rings (SSSR count). The van der Waals surface area contributed by atoms with E-state index in [4.69, 9.17) is 11.6 Å². The van der Waals surface area contributed by atoms with Crippen LogP contribution in [-0.4, -0.2) is 34.6 Å². The van der Waals surface area contributed by atoms with E-state index in [1.54, 1.807) is 6.07 Å². The Balaban J connectivity index is 2.47. The molecule has 1 heterocycles. The van der Waals surface area contributed by atoms with Crippen molar-refractivity contribution in [3.63, 3.8) is 0 Å². The molecule has 1 atom stereocenters. The van der Waals surface area contributed by atoms with E-state index in [-0.39, 0.29) is 11.2 Å². The van der Waals surface area contributed by atoms with Crippen molar-refractivity contribution < 1.29 is 4.39 Å². The Morgan fingerprint density at radius 1 is 1.50 bits per heavy atom. The molecular weight excluding hydrogens is 345 g/mol. The standard InChI is InChI=1S/C14H18BrClFN3/c1-4-19(3)5-6-20-13-8-11(17)10(15)7-12(13)18-14(20)9(2)16/h7-9H,4-6H2,1-3H3. The first-order chi connectivity index (χ1) is 9.43. The molecule has 1 unspecified atom stereocenters. The molecule has 110 valence electrons. The highest BCUT2D eigenvalue weighted by atomic mass is 79.9. The second kappa shape index (κ2) is 6.41. The summed E-state index contributed by atoms with van der Waals surface area (Å²) in [4.78, 5) is 6.73. The number of nitrogens with zero attached hydrogens (tertiary/aromatic N) is 3. The first-order valence-electron chi connectivity index (χ1n) is 6.61. The van der Waals surface area contributed by atoms with Crippen LogP contribution >= 0.6 is 27.5 Å². The molecule has 0 aliphatic carbocycles. The maximum atomic E-state index is 13.8. The van der Waals surface area contributed by atoms with E-state index >= 15 is 0 Å². The third kappa shape index (κ3) is 3.15. The summed E-state index contributed by atoms with van der Waals surface area (Å²) in [5.41, 5.74) is 1.55. The zero-order valence-corrected chi connectivity index (χ0v) is 14.2. The summed E-state index contributed by atoms with van der Waals surface area (Å²) in [6.07, 6.45) is 0. The van der Waals surface area contributed by atoms with Crippen molar-refractivity contribution in [2.45, 2.75) is 25.8 Å². The normalized spacial score (nSPS) is 13.3. The van der Waals surface area contributed by atoms with Gasteiger partial charge < -0.3 is 9.47 Å². The van der Waals surface area contributed by atoms with Gasteiger partial charge in [0.15, 0.2) is 0 Å². The Morgan fingerprint density at radius 3 is 2.80 bits per heavy atom. The summed E-state index contributed by atoms with van der Waals surface area (Å²) in [7, 11) is 2.06. The van der Waals surface area contributed by atoms with Gasteiger partial charge in [0.05, 0.1) is 20.9 Å². The van der Waals surface area contributed by atoms with E-state index in [1.807, 2.05) is 11.5 Å². The summed E-state index contributed by atoms with van der Waals surface area (Å²) < 4.78 is 16.2. The quantitative estimate of drug-likeness (QED) is 0.744. The van der Waals surface area contributed by atoms with Gasteiger partial charge in [0.2, 0.25) is 0 Å². The molecular formula is C14H18BrClFN3. The topological polar surface area (TPSA) is 21.1 Å². The molecule has 0 spiro atoms. The van der Waals surface area contributed by atoms with Crippen molar-refractivity contribution >= 4 is 38.6 Å². The van der Waals surface area contributed by atoms with Gasteiger partial charge in [-0.3, -0.25) is 0 Å². The van der Waals surface area contributed by atoms with E-state index < -0.39 is 0 Å². The summed E-state index contributed by atoms with van der Waals surface area (Å²) in [6, 6.07) is 3.22. The predicted molar refractivity (Wildman–Crippen MR) is 84.8 cm³/mol. The lowest BCUT2D eigenvalue weighted by Gasteiger charge is -2.16. The largest absolute Gasteiger partial charge is 0.325 e. The van der Waals surface area contributed by atoms with Crippen LogP contribution in [0, 0.1) is 5.82 Å². The van der Waals surface area contributed by atoms with Crippen LogP contribution in [0.3, 0.4) is 0 Å². The van der Waals surface area contributed by atoms with Gasteiger partial charge in [-0.05, 0) is 42.5 Å². The van der Waals surface area contributed by atoms with Crippen LogP contribution in [0.25, 0.3) is 11.0 Å². The fourth-order valence-corrected chi connectivity index (χ4v) is 2.60. The Kier molecular flexibility index (Phi) is 5.04. The lowest BCUT2D eigenvalue weighted by atomic mass is 10.3. The number of aromatic nitrogens is 2. The van der Waals surface area contributed by atoms with Crippen molar-refractivity contribution in [3.05, 3.63) is 28.2 Å². The summed E-state index contributed by atoms with van der Waals surface area (Å²) in [6.45, 7) is 6.57. The lowest BCUT2D eigenvalue weighted by molar-refractivity contribution is 0.335. The smallest absolute Gasteiger partial charge is 0.139 e. The second-order valence-electron chi connectivity index (χ2n) is 4.89. The SMILES string of the molecule is CCN(C)CCn1c(C(C)Cl)nc2cc(Br)c(F)cc21. The maximum Gasteiger partial charge on any atom is 0.139 e. The number of fused-ring (bicyclic) bond motifs is 1. The molecule has 0 saturated heterocycles. The minimum absolute atomic E-state index is 0.212. The third-order valence-electron chi connectivity index (χ3n) is 3.42. The fraction of sp³-hybridized carbons (Fsp3) is 0.500. The van der Waals surface area contributed by atoms with Gasteiger partial charge in [-0.2, -0.15) is 0 Å². The summed E-state index contributed by atoms with van der Waals surface area (Å²) in [5.74, 6) is 0.500. The minimum Gasteiger partial charge on any atom is -0.325 e. The number of benzene rings is 1. The molecule has 0 saturated carbocycles. The molecule has 0 aliphatic rings. The van der Waals surface area contributed by atoms with Gasteiger partial charge in [-0.25, -0.2) is 9.37 Å². The summed E-state index contributed by atoms with van der Waals surface area (Å²) >= 11 is 9.40. The number of halogens is 3. The van der Waals surface area contributed by atoms with E-state index in [1.165, 1.54) is 6.07 Å². The van der Waals surface area contributed by atoms with Crippen molar-refractivity contribution in [2.75, 3.05) is 20.1 Å². The number of hydrogen-bond donors (Lipinski definition) is 0. The molecule has 0 amide bonds. The van der Waals surface area contributed by atoms with Gasteiger partial charge in [-0.1, -0.05) is 6.92 Å². The molecule has 3 nitrogen and oxygen atoms in total. The molecule has 6 heteroatoms. The first kappa shape index (κ1) is 15.7. The highest BCUT2D eigenvalue weighted by Crippen LogP contribution is 2.28. The highest BCUT2D eigenvalue weighted by molar-refractivity contribution is 9.10. The molecule has 0 fully saturated rings. The van der Waals surface area contributed by atoms with E-state index in [9.17, 15) is 4.39 Å². The summed E-state index contributed by atoms with van der Waals surface area (Å²) in [5, 5.41) is -0.212. The molecule has 20 heavy (non-hydrogen) atoms. The average molecular weight is 363 g/mol. The van der Waals surface area contributed by atoms with Crippen molar-refractivity contribution in [1.82, 2.24) is 14.5 Å². The van der Waals surface area contributed by atoms with Gasteiger partial charge in [-0.15, -0.1) is 11.6 Å². The fourth-order valence-electron chi connectivity index (χ4n) is 2.11. The zero-order valence-electron chi connectivity index (χ0n) is 11.8. The maximum absolute atomic E-state index is 13.8. The Morgan fingerprint density at radius 2 is 2.20 bits per heavy atom. The monoisotopic (exact) mass is 361 g/mol. The van der Waals surface area contributed by atoms with Gasteiger partial charge >= 0.3 is 0 Å².